The molecule has 4 rings (SSSR count). The number of para-hydroxylation sites is 1. The maximum absolute atomic E-state index is 12.7. The first kappa shape index (κ1) is 17.3. The minimum atomic E-state index is -1.08. The number of benzene rings is 1. The number of fused-ring (bicyclic) bond motifs is 2. The zero-order chi connectivity index (χ0) is 18.8. The van der Waals surface area contributed by atoms with E-state index in [1.54, 1.807) is 6.20 Å². The summed E-state index contributed by atoms with van der Waals surface area (Å²) in [6.07, 6.45) is 6.56. The third kappa shape index (κ3) is 3.45. The number of carboxylic acids is 1. The standard InChI is InChI=1S/C20H21N3O4/c24-19(18-14-7-2-1-3-9-17(14)27-23-18)22-16(20(25)26)10-12-11-21-15-8-5-4-6-13(12)15/h4-6,8,11,16,21H,1-3,7,9-10H2,(H,22,24)(H,25,26). The molecule has 0 saturated heterocycles. The quantitative estimate of drug-likeness (QED) is 0.601. The van der Waals surface area contributed by atoms with Gasteiger partial charge in [-0.25, -0.2) is 4.79 Å². The molecular formula is C20H21N3O4. The lowest BCUT2D eigenvalue weighted by molar-refractivity contribution is -0.139. The Bertz CT molecular complexity index is 988. The van der Waals surface area contributed by atoms with Crippen molar-refractivity contribution >= 4 is 22.8 Å². The first-order valence-electron chi connectivity index (χ1n) is 9.19. The van der Waals surface area contributed by atoms with E-state index in [0.29, 0.717) is 0 Å². The number of aromatic nitrogens is 2. The number of hydrogen-bond donors (Lipinski definition) is 3. The average Bonchev–Trinajstić information content (AvgIpc) is 3.18. The number of amides is 1. The molecule has 2 aromatic heterocycles. The number of aryl methyl sites for hydroxylation is 1. The molecule has 0 aliphatic heterocycles. The monoisotopic (exact) mass is 367 g/mol. The summed E-state index contributed by atoms with van der Waals surface area (Å²) in [4.78, 5) is 27.6. The number of nitrogens with zero attached hydrogens (tertiary/aromatic N) is 1. The number of hydrogen-bond acceptors (Lipinski definition) is 4. The molecule has 1 aromatic carbocycles. The molecule has 0 fully saturated rings. The van der Waals surface area contributed by atoms with Gasteiger partial charge in [-0.3, -0.25) is 4.79 Å². The fourth-order valence-electron chi connectivity index (χ4n) is 3.69. The molecule has 1 unspecified atom stereocenters. The van der Waals surface area contributed by atoms with Crippen molar-refractivity contribution in [1.82, 2.24) is 15.5 Å². The van der Waals surface area contributed by atoms with Gasteiger partial charge >= 0.3 is 5.97 Å². The number of carbonyl (C=O) groups is 2. The molecule has 2 heterocycles. The average molecular weight is 367 g/mol. The minimum absolute atomic E-state index is 0.186. The molecule has 27 heavy (non-hydrogen) atoms. The molecule has 1 amide bonds. The third-order valence-corrected chi connectivity index (χ3v) is 5.12. The summed E-state index contributed by atoms with van der Waals surface area (Å²) in [7, 11) is 0. The lowest BCUT2D eigenvalue weighted by Crippen LogP contribution is -2.42. The van der Waals surface area contributed by atoms with Gasteiger partial charge in [0.2, 0.25) is 0 Å². The molecule has 1 aliphatic carbocycles. The van der Waals surface area contributed by atoms with Gasteiger partial charge in [-0.2, -0.15) is 0 Å². The van der Waals surface area contributed by atoms with E-state index in [1.165, 1.54) is 0 Å². The van der Waals surface area contributed by atoms with E-state index in [1.807, 2.05) is 24.3 Å². The van der Waals surface area contributed by atoms with Crippen LogP contribution in [0.5, 0.6) is 0 Å². The van der Waals surface area contributed by atoms with E-state index in [9.17, 15) is 14.7 Å². The highest BCUT2D eigenvalue weighted by molar-refractivity contribution is 5.96. The van der Waals surface area contributed by atoms with Gasteiger partial charge in [0.15, 0.2) is 5.69 Å². The molecule has 0 saturated carbocycles. The maximum atomic E-state index is 12.7. The summed E-state index contributed by atoms with van der Waals surface area (Å²) in [5, 5.41) is 17.1. The molecular weight excluding hydrogens is 346 g/mol. The van der Waals surface area contributed by atoms with Crippen LogP contribution in [0.15, 0.2) is 35.0 Å². The van der Waals surface area contributed by atoms with Gasteiger partial charge in [0.25, 0.3) is 5.91 Å². The lowest BCUT2D eigenvalue weighted by Gasteiger charge is -2.13. The van der Waals surface area contributed by atoms with E-state index < -0.39 is 17.9 Å². The molecule has 140 valence electrons. The minimum Gasteiger partial charge on any atom is -0.480 e. The SMILES string of the molecule is O=C(NC(Cc1c[nH]c2ccccc12)C(=O)O)c1noc2c1CCCCC2. The topological polar surface area (TPSA) is 108 Å². The van der Waals surface area contributed by atoms with Gasteiger partial charge in [-0.1, -0.05) is 29.8 Å². The van der Waals surface area contributed by atoms with Gasteiger partial charge < -0.3 is 19.9 Å². The van der Waals surface area contributed by atoms with Crippen molar-refractivity contribution in [3.8, 4) is 0 Å². The first-order valence-corrected chi connectivity index (χ1v) is 9.19. The second-order valence-electron chi connectivity index (χ2n) is 6.92. The van der Waals surface area contributed by atoms with Crippen LogP contribution in [0.2, 0.25) is 0 Å². The molecule has 7 nitrogen and oxygen atoms in total. The van der Waals surface area contributed by atoms with Gasteiger partial charge in [-0.15, -0.1) is 0 Å². The van der Waals surface area contributed by atoms with E-state index in [4.69, 9.17) is 4.52 Å². The zero-order valence-electron chi connectivity index (χ0n) is 14.8. The van der Waals surface area contributed by atoms with Crippen LogP contribution in [0.3, 0.4) is 0 Å². The maximum Gasteiger partial charge on any atom is 0.326 e. The summed E-state index contributed by atoms with van der Waals surface area (Å²) in [6.45, 7) is 0. The van der Waals surface area contributed by atoms with Crippen molar-refractivity contribution in [2.75, 3.05) is 0 Å². The molecule has 0 radical (unpaired) electrons. The number of rotatable bonds is 5. The van der Waals surface area contributed by atoms with Crippen LogP contribution >= 0.6 is 0 Å². The van der Waals surface area contributed by atoms with Crippen molar-refractivity contribution in [2.45, 2.75) is 44.6 Å². The number of aromatic amines is 1. The van der Waals surface area contributed by atoms with Crippen molar-refractivity contribution in [2.24, 2.45) is 0 Å². The summed E-state index contributed by atoms with van der Waals surface area (Å²) in [6, 6.07) is 6.63. The largest absolute Gasteiger partial charge is 0.480 e. The second kappa shape index (κ2) is 7.26. The number of H-pyrrole nitrogens is 1. The Morgan fingerprint density at radius 2 is 2.04 bits per heavy atom. The van der Waals surface area contributed by atoms with Crippen molar-refractivity contribution in [3.05, 3.63) is 53.0 Å². The summed E-state index contributed by atoms with van der Waals surface area (Å²) in [5.74, 6) is -0.821. The van der Waals surface area contributed by atoms with E-state index in [-0.39, 0.29) is 12.1 Å². The smallest absolute Gasteiger partial charge is 0.326 e. The van der Waals surface area contributed by atoms with Crippen LogP contribution in [0, 0.1) is 0 Å². The lowest BCUT2D eigenvalue weighted by atomic mass is 10.0. The zero-order valence-corrected chi connectivity index (χ0v) is 14.8. The van der Waals surface area contributed by atoms with Crippen LogP contribution in [0.1, 0.15) is 46.6 Å². The summed E-state index contributed by atoms with van der Waals surface area (Å²) in [5.41, 5.74) is 2.82. The Labute approximate surface area is 155 Å². The molecule has 0 spiro atoms. The predicted molar refractivity (Wildman–Crippen MR) is 98.7 cm³/mol. The van der Waals surface area contributed by atoms with Crippen LogP contribution in [0.4, 0.5) is 0 Å². The fourth-order valence-corrected chi connectivity index (χ4v) is 3.69. The highest BCUT2D eigenvalue weighted by atomic mass is 16.5. The summed E-state index contributed by atoms with van der Waals surface area (Å²) < 4.78 is 5.33. The Morgan fingerprint density at radius 3 is 2.89 bits per heavy atom. The number of aliphatic carboxylic acids is 1. The van der Waals surface area contributed by atoms with Gasteiger partial charge in [0, 0.05) is 35.5 Å². The van der Waals surface area contributed by atoms with Crippen LogP contribution < -0.4 is 5.32 Å². The number of carboxylic acid groups (broad SMARTS) is 1. The summed E-state index contributed by atoms with van der Waals surface area (Å²) >= 11 is 0. The molecule has 1 aliphatic rings. The van der Waals surface area contributed by atoms with Crippen LogP contribution in [-0.2, 0) is 24.1 Å². The highest BCUT2D eigenvalue weighted by Crippen LogP contribution is 2.24. The Balaban J connectivity index is 1.54. The van der Waals surface area contributed by atoms with Crippen LogP contribution in [-0.4, -0.2) is 33.2 Å². The Morgan fingerprint density at radius 1 is 1.22 bits per heavy atom. The molecule has 7 heteroatoms. The van der Waals surface area contributed by atoms with Crippen molar-refractivity contribution < 1.29 is 19.2 Å². The van der Waals surface area contributed by atoms with Gasteiger partial charge in [0.05, 0.1) is 0 Å². The first-order chi connectivity index (χ1) is 13.1. The fraction of sp³-hybridized carbons (Fsp3) is 0.350. The Hall–Kier alpha value is -3.09. The number of nitrogens with one attached hydrogen (secondary N) is 2. The molecule has 0 bridgehead atoms. The van der Waals surface area contributed by atoms with E-state index >= 15 is 0 Å². The van der Waals surface area contributed by atoms with Gasteiger partial charge in [-0.05, 0) is 30.9 Å². The van der Waals surface area contributed by atoms with E-state index in [2.05, 4.69) is 15.5 Å². The van der Waals surface area contributed by atoms with Crippen molar-refractivity contribution in [3.63, 3.8) is 0 Å². The van der Waals surface area contributed by atoms with E-state index in [0.717, 1.165) is 59.9 Å². The van der Waals surface area contributed by atoms with Crippen molar-refractivity contribution in [1.29, 1.82) is 0 Å². The number of carbonyl (C=O) groups excluding carboxylic acids is 1. The molecule has 1 atom stereocenters. The third-order valence-electron chi connectivity index (χ3n) is 5.12. The Kier molecular flexibility index (Phi) is 4.66. The van der Waals surface area contributed by atoms with Crippen LogP contribution in [0.25, 0.3) is 10.9 Å². The molecule has 3 aromatic rings. The second-order valence-corrected chi connectivity index (χ2v) is 6.92. The highest BCUT2D eigenvalue weighted by Gasteiger charge is 2.27. The molecule has 3 N–H and O–H groups in total. The predicted octanol–water partition coefficient (Wildman–Crippen LogP) is 2.85. The van der Waals surface area contributed by atoms with Gasteiger partial charge in [0.1, 0.15) is 11.8 Å². The normalized spacial score (nSPS) is 15.1.